The van der Waals surface area contributed by atoms with Gasteiger partial charge in [-0.1, -0.05) is 0 Å². The van der Waals surface area contributed by atoms with Crippen molar-refractivity contribution in [1.29, 1.82) is 5.41 Å². The number of nitro benzene ring substituents is 1. The first-order valence-electron chi connectivity index (χ1n) is 5.51. The van der Waals surface area contributed by atoms with Gasteiger partial charge in [0.15, 0.2) is 5.75 Å². The van der Waals surface area contributed by atoms with Crippen molar-refractivity contribution in [3.05, 3.63) is 56.6 Å². The lowest BCUT2D eigenvalue weighted by Gasteiger charge is -2.10. The van der Waals surface area contributed by atoms with Crippen LogP contribution in [0.15, 0.2) is 34.9 Å². The van der Waals surface area contributed by atoms with Gasteiger partial charge in [-0.15, -0.1) is 0 Å². The maximum absolute atomic E-state index is 13.6. The number of amidine groups is 1. The van der Waals surface area contributed by atoms with Crippen molar-refractivity contribution in [3.63, 3.8) is 0 Å². The van der Waals surface area contributed by atoms with Gasteiger partial charge in [-0.05, 0) is 28.1 Å². The number of aromatic nitrogens is 1. The van der Waals surface area contributed by atoms with Gasteiger partial charge in [-0.2, -0.15) is 0 Å². The summed E-state index contributed by atoms with van der Waals surface area (Å²) >= 11 is 2.87. The fourth-order valence-electron chi connectivity index (χ4n) is 1.54. The molecule has 21 heavy (non-hydrogen) atoms. The normalized spacial score (nSPS) is 10.2. The lowest BCUT2D eigenvalue weighted by Crippen LogP contribution is -2.14. The van der Waals surface area contributed by atoms with Crippen LogP contribution < -0.4 is 10.5 Å². The summed E-state index contributed by atoms with van der Waals surface area (Å²) in [4.78, 5) is 14.1. The lowest BCUT2D eigenvalue weighted by molar-refractivity contribution is -0.385. The largest absolute Gasteiger partial charge is 0.448 e. The quantitative estimate of drug-likeness (QED) is 0.379. The molecule has 2 aromatic rings. The highest BCUT2D eigenvalue weighted by atomic mass is 79.9. The van der Waals surface area contributed by atoms with Crippen molar-refractivity contribution in [2.45, 2.75) is 0 Å². The summed E-state index contributed by atoms with van der Waals surface area (Å²) < 4.78 is 18.8. The number of ether oxygens (including phenoxy) is 1. The number of nitrogens with zero attached hydrogens (tertiary/aromatic N) is 2. The Bertz CT molecular complexity index is 738. The number of nitrogens with two attached hydrogens (primary N) is 1. The fourth-order valence-corrected chi connectivity index (χ4v) is 1.87. The van der Waals surface area contributed by atoms with Crippen LogP contribution in [-0.2, 0) is 0 Å². The molecule has 0 aliphatic rings. The molecule has 0 bridgehead atoms. The predicted molar refractivity (Wildman–Crippen MR) is 76.1 cm³/mol. The van der Waals surface area contributed by atoms with E-state index in [-0.39, 0.29) is 27.5 Å². The Morgan fingerprint density at radius 2 is 2.19 bits per heavy atom. The number of benzene rings is 1. The number of pyridine rings is 1. The summed E-state index contributed by atoms with van der Waals surface area (Å²) in [7, 11) is 0. The number of rotatable bonds is 4. The minimum Gasteiger partial charge on any atom is -0.448 e. The molecule has 0 saturated carbocycles. The van der Waals surface area contributed by atoms with Crippen LogP contribution in [0.5, 0.6) is 11.5 Å². The Morgan fingerprint density at radius 1 is 1.48 bits per heavy atom. The summed E-state index contributed by atoms with van der Waals surface area (Å²) in [6.07, 6.45) is 1.39. The Labute approximate surface area is 126 Å². The highest BCUT2D eigenvalue weighted by Gasteiger charge is 2.21. The SMILES string of the molecule is N=C(N)c1ncccc1Oc1cc(F)c(Br)cc1[N+](=O)[O-]. The third-order valence-corrected chi connectivity index (χ3v) is 3.05. The van der Waals surface area contributed by atoms with E-state index in [1.54, 1.807) is 0 Å². The summed E-state index contributed by atoms with van der Waals surface area (Å²) in [5.41, 5.74) is 4.93. The van der Waals surface area contributed by atoms with Crippen LogP contribution in [0.1, 0.15) is 5.69 Å². The monoisotopic (exact) mass is 354 g/mol. The van der Waals surface area contributed by atoms with E-state index in [1.165, 1.54) is 18.3 Å². The molecule has 0 aliphatic carbocycles. The van der Waals surface area contributed by atoms with Gasteiger partial charge in [-0.3, -0.25) is 15.5 Å². The summed E-state index contributed by atoms with van der Waals surface area (Å²) in [5, 5.41) is 18.4. The summed E-state index contributed by atoms with van der Waals surface area (Å²) in [6.45, 7) is 0. The molecular formula is C12H8BrFN4O3. The Kier molecular flexibility index (Phi) is 4.13. The van der Waals surface area contributed by atoms with E-state index in [9.17, 15) is 14.5 Å². The summed E-state index contributed by atoms with van der Waals surface area (Å²) in [5.74, 6) is -1.37. The lowest BCUT2D eigenvalue weighted by atomic mass is 10.2. The first-order valence-corrected chi connectivity index (χ1v) is 6.30. The van der Waals surface area contributed by atoms with Crippen LogP contribution in [0, 0.1) is 21.3 Å². The standard InChI is InChI=1S/C12H8BrFN4O3/c13-6-4-8(18(19)20)10(5-7(6)14)21-9-2-1-3-17-11(9)12(15)16/h1-5H,(H3,15,16). The molecule has 0 radical (unpaired) electrons. The maximum Gasteiger partial charge on any atom is 0.312 e. The molecule has 0 unspecified atom stereocenters. The zero-order valence-corrected chi connectivity index (χ0v) is 11.9. The van der Waals surface area contributed by atoms with Gasteiger partial charge in [0.2, 0.25) is 5.75 Å². The molecule has 0 amide bonds. The van der Waals surface area contributed by atoms with Crippen molar-refractivity contribution in [2.24, 2.45) is 5.73 Å². The number of nitrogen functional groups attached to an aromatic ring is 1. The maximum atomic E-state index is 13.6. The fraction of sp³-hybridized carbons (Fsp3) is 0. The zero-order chi connectivity index (χ0) is 15.6. The van der Waals surface area contributed by atoms with Crippen molar-refractivity contribution in [3.8, 4) is 11.5 Å². The van der Waals surface area contributed by atoms with Crippen LogP contribution >= 0.6 is 15.9 Å². The van der Waals surface area contributed by atoms with Gasteiger partial charge in [0.25, 0.3) is 0 Å². The Hall–Kier alpha value is -2.55. The Morgan fingerprint density at radius 3 is 2.81 bits per heavy atom. The van der Waals surface area contributed by atoms with Crippen LogP contribution in [-0.4, -0.2) is 15.7 Å². The molecule has 1 aromatic heterocycles. The van der Waals surface area contributed by atoms with E-state index in [1.807, 2.05) is 0 Å². The van der Waals surface area contributed by atoms with Crippen molar-refractivity contribution in [2.75, 3.05) is 0 Å². The van der Waals surface area contributed by atoms with E-state index in [0.29, 0.717) is 0 Å². The molecule has 0 fully saturated rings. The van der Waals surface area contributed by atoms with E-state index in [4.69, 9.17) is 15.9 Å². The average molecular weight is 355 g/mol. The van der Waals surface area contributed by atoms with Crippen LogP contribution in [0.25, 0.3) is 0 Å². The average Bonchev–Trinajstić information content (AvgIpc) is 2.42. The zero-order valence-electron chi connectivity index (χ0n) is 10.3. The molecule has 1 aromatic carbocycles. The number of nitro groups is 1. The molecule has 2 rings (SSSR count). The smallest absolute Gasteiger partial charge is 0.312 e. The molecule has 0 saturated heterocycles. The predicted octanol–water partition coefficient (Wildman–Crippen LogP) is 2.97. The van der Waals surface area contributed by atoms with E-state index >= 15 is 0 Å². The topological polar surface area (TPSA) is 115 Å². The van der Waals surface area contributed by atoms with E-state index in [2.05, 4.69) is 20.9 Å². The molecule has 0 spiro atoms. The highest BCUT2D eigenvalue weighted by Crippen LogP contribution is 2.36. The second kappa shape index (κ2) is 5.83. The van der Waals surface area contributed by atoms with Crippen molar-refractivity contribution < 1.29 is 14.1 Å². The number of hydrogen-bond acceptors (Lipinski definition) is 5. The Balaban J connectivity index is 2.52. The minimum absolute atomic E-state index is 0.00937. The van der Waals surface area contributed by atoms with Gasteiger partial charge >= 0.3 is 5.69 Å². The minimum atomic E-state index is -0.719. The van der Waals surface area contributed by atoms with E-state index < -0.39 is 16.4 Å². The summed E-state index contributed by atoms with van der Waals surface area (Å²) in [6, 6.07) is 4.80. The van der Waals surface area contributed by atoms with Crippen LogP contribution in [0.2, 0.25) is 0 Å². The van der Waals surface area contributed by atoms with Gasteiger partial charge < -0.3 is 10.5 Å². The van der Waals surface area contributed by atoms with Gasteiger partial charge in [0.05, 0.1) is 9.40 Å². The number of halogens is 2. The third-order valence-electron chi connectivity index (χ3n) is 2.44. The molecule has 0 aliphatic heterocycles. The molecule has 7 nitrogen and oxygen atoms in total. The molecule has 3 N–H and O–H groups in total. The van der Waals surface area contributed by atoms with Crippen LogP contribution in [0.4, 0.5) is 10.1 Å². The van der Waals surface area contributed by atoms with Crippen molar-refractivity contribution in [1.82, 2.24) is 4.98 Å². The molecule has 1 heterocycles. The van der Waals surface area contributed by atoms with Crippen LogP contribution in [0.3, 0.4) is 0 Å². The highest BCUT2D eigenvalue weighted by molar-refractivity contribution is 9.10. The second-order valence-corrected chi connectivity index (χ2v) is 4.71. The second-order valence-electron chi connectivity index (χ2n) is 3.86. The molecular weight excluding hydrogens is 347 g/mol. The third kappa shape index (κ3) is 3.14. The van der Waals surface area contributed by atoms with Gasteiger partial charge in [-0.25, -0.2) is 9.37 Å². The van der Waals surface area contributed by atoms with Gasteiger partial charge in [0.1, 0.15) is 17.3 Å². The van der Waals surface area contributed by atoms with Gasteiger partial charge in [0, 0.05) is 18.3 Å². The number of nitrogens with one attached hydrogen (secondary N) is 1. The first kappa shape index (κ1) is 14.9. The molecule has 108 valence electrons. The first-order chi connectivity index (χ1) is 9.90. The van der Waals surface area contributed by atoms with Crippen molar-refractivity contribution >= 4 is 27.5 Å². The molecule has 9 heteroatoms. The number of hydrogen-bond donors (Lipinski definition) is 2. The van der Waals surface area contributed by atoms with E-state index in [0.717, 1.165) is 12.1 Å². The molecule has 0 atom stereocenters.